The quantitative estimate of drug-likeness (QED) is 0.303. The van der Waals surface area contributed by atoms with Crippen LogP contribution in [0.3, 0.4) is 0 Å². The van der Waals surface area contributed by atoms with Gasteiger partial charge in [-0.3, -0.25) is 0 Å². The Kier molecular flexibility index (Phi) is 5.65. The molecule has 1 aromatic carbocycles. The first kappa shape index (κ1) is 23.8. The number of aliphatic hydroxyl groups is 2. The summed E-state index contributed by atoms with van der Waals surface area (Å²) in [5, 5.41) is 22.8. The van der Waals surface area contributed by atoms with Gasteiger partial charge in [0, 0.05) is 11.6 Å². The lowest BCUT2D eigenvalue weighted by Gasteiger charge is -2.35. The summed E-state index contributed by atoms with van der Waals surface area (Å²) in [6.07, 6.45) is -6.62. The summed E-state index contributed by atoms with van der Waals surface area (Å²) in [6.45, 7) is 0. The van der Waals surface area contributed by atoms with Crippen molar-refractivity contribution in [2.75, 3.05) is 11.5 Å². The molecule has 0 bridgehead atoms. The number of aliphatic hydroxyl groups excluding tert-OH is 2. The van der Waals surface area contributed by atoms with E-state index in [1.54, 1.807) is 30.3 Å². The minimum Gasteiger partial charge on any atom is -0.389 e. The highest BCUT2D eigenvalue weighted by Gasteiger charge is 2.66. The van der Waals surface area contributed by atoms with Crippen molar-refractivity contribution in [2.24, 2.45) is 5.41 Å². The second-order valence-electron chi connectivity index (χ2n) is 8.96. The van der Waals surface area contributed by atoms with E-state index >= 15 is 0 Å². The van der Waals surface area contributed by atoms with Crippen LogP contribution >= 0.6 is 15.9 Å². The van der Waals surface area contributed by atoms with Crippen LogP contribution in [0.5, 0.6) is 0 Å². The van der Waals surface area contributed by atoms with Crippen LogP contribution in [-0.2, 0) is 6.42 Å². The molecule has 184 valence electrons. The standard InChI is InChI=1S/C23H22BrF3N6O2/c24-14-8-12-2-1-11(7-15(12)32-20(14)29)3-5-22(23(25,26)27)9-16(17(34)18(22)35)33-6-4-13-19(28)30-10-31-21(13)33/h1-2,4,6-8,10,16-18,34-35H,3,5,9H2,(H2,29,32)(H2,28,30,31)/t16-,17+,18+,22-/m1/s1. The zero-order valence-corrected chi connectivity index (χ0v) is 19.8. The van der Waals surface area contributed by atoms with Crippen molar-refractivity contribution < 1.29 is 23.4 Å². The molecule has 35 heavy (non-hydrogen) atoms. The van der Waals surface area contributed by atoms with Gasteiger partial charge in [0.2, 0.25) is 0 Å². The van der Waals surface area contributed by atoms with Gasteiger partial charge in [-0.1, -0.05) is 12.1 Å². The minimum absolute atomic E-state index is 0.0190. The molecule has 0 amide bonds. The van der Waals surface area contributed by atoms with E-state index in [1.165, 1.54) is 17.1 Å². The van der Waals surface area contributed by atoms with Gasteiger partial charge >= 0.3 is 6.18 Å². The maximum Gasteiger partial charge on any atom is 0.397 e. The number of anilines is 2. The SMILES string of the molecule is Nc1nc2cc(CC[C@@]3(C(F)(F)F)C[C@@H](n4ccc5c(N)ncnc54)[C@H](O)[C@@H]3O)ccc2cc1Br. The predicted octanol–water partition coefficient (Wildman–Crippen LogP) is 3.75. The van der Waals surface area contributed by atoms with Crippen molar-refractivity contribution >= 4 is 49.5 Å². The van der Waals surface area contributed by atoms with E-state index < -0.39 is 42.7 Å². The second-order valence-corrected chi connectivity index (χ2v) is 9.82. The maximum absolute atomic E-state index is 14.5. The number of hydrogen-bond acceptors (Lipinski definition) is 7. The van der Waals surface area contributed by atoms with E-state index in [0.717, 1.165) is 5.39 Å². The lowest BCUT2D eigenvalue weighted by atomic mass is 9.77. The first-order chi connectivity index (χ1) is 16.5. The zero-order valence-electron chi connectivity index (χ0n) is 18.2. The summed E-state index contributed by atoms with van der Waals surface area (Å²) >= 11 is 3.31. The molecule has 1 aliphatic carbocycles. The lowest BCUT2D eigenvalue weighted by molar-refractivity contribution is -0.255. The highest BCUT2D eigenvalue weighted by molar-refractivity contribution is 9.10. The van der Waals surface area contributed by atoms with Gasteiger partial charge in [0.15, 0.2) is 0 Å². The van der Waals surface area contributed by atoms with Gasteiger partial charge in [-0.05, 0) is 59.0 Å². The molecule has 0 radical (unpaired) electrons. The van der Waals surface area contributed by atoms with Crippen molar-refractivity contribution in [3.63, 3.8) is 0 Å². The fraction of sp³-hybridized carbons (Fsp3) is 0.348. The Morgan fingerprint density at radius 1 is 1.11 bits per heavy atom. The number of alkyl halides is 3. The van der Waals surface area contributed by atoms with E-state index in [0.29, 0.717) is 26.6 Å². The molecule has 0 spiro atoms. The number of fused-ring (bicyclic) bond motifs is 2. The predicted molar refractivity (Wildman–Crippen MR) is 128 cm³/mol. The molecule has 3 heterocycles. The molecule has 1 fully saturated rings. The normalized spacial score (nSPS) is 25.0. The molecule has 0 unspecified atom stereocenters. The third kappa shape index (κ3) is 3.80. The number of rotatable bonds is 4. The number of hydrogen-bond donors (Lipinski definition) is 4. The first-order valence-corrected chi connectivity index (χ1v) is 11.7. The molecule has 12 heteroatoms. The molecular weight excluding hydrogens is 529 g/mol. The number of nitrogens with zero attached hydrogens (tertiary/aromatic N) is 4. The van der Waals surface area contributed by atoms with Crippen LogP contribution < -0.4 is 11.5 Å². The third-order valence-corrected chi connectivity index (χ3v) is 7.68. The Morgan fingerprint density at radius 2 is 1.89 bits per heavy atom. The summed E-state index contributed by atoms with van der Waals surface area (Å²) in [7, 11) is 0. The van der Waals surface area contributed by atoms with Gasteiger partial charge in [-0.2, -0.15) is 13.2 Å². The van der Waals surface area contributed by atoms with Crippen LogP contribution in [0.25, 0.3) is 21.9 Å². The Morgan fingerprint density at radius 3 is 2.63 bits per heavy atom. The Labute approximate surface area is 205 Å². The van der Waals surface area contributed by atoms with Crippen LogP contribution in [0.1, 0.15) is 24.4 Å². The fourth-order valence-electron chi connectivity index (χ4n) is 5.07. The van der Waals surface area contributed by atoms with Gasteiger partial charge < -0.3 is 26.2 Å². The number of nitrogen functional groups attached to an aromatic ring is 2. The molecule has 5 rings (SSSR count). The molecule has 4 atom stereocenters. The molecule has 0 aliphatic heterocycles. The summed E-state index contributed by atoms with van der Waals surface area (Å²) in [5.74, 6) is 0.462. The van der Waals surface area contributed by atoms with Gasteiger partial charge in [0.1, 0.15) is 29.7 Å². The van der Waals surface area contributed by atoms with Gasteiger partial charge in [-0.25, -0.2) is 15.0 Å². The summed E-state index contributed by atoms with van der Waals surface area (Å²) < 4.78 is 45.6. The van der Waals surface area contributed by atoms with Crippen molar-refractivity contribution in [3.8, 4) is 0 Å². The Bertz CT molecular complexity index is 1430. The molecule has 1 aliphatic rings. The third-order valence-electron chi connectivity index (χ3n) is 7.04. The van der Waals surface area contributed by atoms with E-state index in [-0.39, 0.29) is 18.1 Å². The fourth-order valence-corrected chi connectivity index (χ4v) is 5.41. The van der Waals surface area contributed by atoms with Crippen LogP contribution in [0, 0.1) is 5.41 Å². The average molecular weight is 551 g/mol. The minimum atomic E-state index is -4.76. The average Bonchev–Trinajstić information content (AvgIpc) is 3.34. The van der Waals surface area contributed by atoms with Crippen LogP contribution in [-0.4, -0.2) is 48.1 Å². The van der Waals surface area contributed by atoms with Gasteiger partial charge in [0.05, 0.1) is 32.9 Å². The molecule has 3 aromatic heterocycles. The smallest absolute Gasteiger partial charge is 0.389 e. The molecule has 8 nitrogen and oxygen atoms in total. The first-order valence-electron chi connectivity index (χ1n) is 10.9. The number of benzene rings is 1. The summed E-state index contributed by atoms with van der Waals surface area (Å²) in [6, 6.07) is 7.51. The number of aromatic nitrogens is 4. The maximum atomic E-state index is 14.5. The zero-order chi connectivity index (χ0) is 25.1. The van der Waals surface area contributed by atoms with Crippen molar-refractivity contribution in [1.82, 2.24) is 19.5 Å². The summed E-state index contributed by atoms with van der Waals surface area (Å²) in [4.78, 5) is 12.3. The van der Waals surface area contributed by atoms with Gasteiger partial charge in [-0.15, -0.1) is 0 Å². The topological polar surface area (TPSA) is 136 Å². The highest BCUT2D eigenvalue weighted by atomic mass is 79.9. The molecule has 1 saturated carbocycles. The van der Waals surface area contributed by atoms with E-state index in [4.69, 9.17) is 11.5 Å². The Balaban J connectivity index is 1.48. The number of nitrogens with two attached hydrogens (primary N) is 2. The van der Waals surface area contributed by atoms with Crippen molar-refractivity contribution in [3.05, 3.63) is 52.9 Å². The number of halogens is 4. The highest BCUT2D eigenvalue weighted by Crippen LogP contribution is 2.57. The van der Waals surface area contributed by atoms with Crippen molar-refractivity contribution in [1.29, 1.82) is 0 Å². The molecule has 6 N–H and O–H groups in total. The molecule has 0 saturated heterocycles. The van der Waals surface area contributed by atoms with E-state index in [2.05, 4.69) is 30.9 Å². The van der Waals surface area contributed by atoms with Crippen LogP contribution in [0.4, 0.5) is 24.8 Å². The lowest BCUT2D eigenvalue weighted by Crippen LogP contribution is -2.47. The summed E-state index contributed by atoms with van der Waals surface area (Å²) in [5.41, 5.74) is 10.7. The van der Waals surface area contributed by atoms with Crippen LogP contribution in [0.2, 0.25) is 0 Å². The second kappa shape index (κ2) is 8.32. The molecule has 4 aromatic rings. The van der Waals surface area contributed by atoms with E-state index in [9.17, 15) is 23.4 Å². The number of pyridine rings is 1. The van der Waals surface area contributed by atoms with Gasteiger partial charge in [0.25, 0.3) is 0 Å². The van der Waals surface area contributed by atoms with Crippen LogP contribution in [0.15, 0.2) is 47.3 Å². The number of aryl methyl sites for hydroxylation is 1. The molecular formula is C23H22BrF3N6O2. The largest absolute Gasteiger partial charge is 0.397 e. The van der Waals surface area contributed by atoms with E-state index in [1.807, 2.05) is 0 Å². The van der Waals surface area contributed by atoms with Crippen molar-refractivity contribution in [2.45, 2.75) is 43.7 Å². The monoisotopic (exact) mass is 550 g/mol. The Hall–Kier alpha value is -2.96.